The van der Waals surface area contributed by atoms with Gasteiger partial charge in [0.25, 0.3) is 0 Å². The molecule has 0 fully saturated rings. The van der Waals surface area contributed by atoms with Gasteiger partial charge in [-0.05, 0) is 36.4 Å². The minimum atomic E-state index is -0.473. The maximum Gasteiger partial charge on any atom is 0.155 e. The molecular weight excluding hydrogens is 354 g/mol. The van der Waals surface area contributed by atoms with Crippen LogP contribution >= 0.6 is 22.7 Å². The van der Waals surface area contributed by atoms with Crippen LogP contribution in [0.1, 0.15) is 0 Å². The third-order valence-electron chi connectivity index (χ3n) is 3.35. The highest BCUT2D eigenvalue weighted by atomic mass is 32.1. The molecule has 0 amide bonds. The van der Waals surface area contributed by atoms with Gasteiger partial charge < -0.3 is 10.2 Å². The maximum atomic E-state index is 13.4. The number of hydrogen-bond acceptors (Lipinski definition) is 6. The maximum absolute atomic E-state index is 13.4. The second kappa shape index (κ2) is 5.50. The molecule has 24 heavy (non-hydrogen) atoms. The predicted molar refractivity (Wildman–Crippen MR) is 89.4 cm³/mol. The summed E-state index contributed by atoms with van der Waals surface area (Å²) in [5.41, 5.74) is 0.584. The smallest absolute Gasteiger partial charge is 0.155 e. The van der Waals surface area contributed by atoms with Gasteiger partial charge in [0.1, 0.15) is 33.1 Å². The van der Waals surface area contributed by atoms with Crippen LogP contribution in [0.5, 0.6) is 11.5 Å². The molecule has 0 saturated heterocycles. The van der Waals surface area contributed by atoms with Crippen molar-refractivity contribution in [3.63, 3.8) is 0 Å². The molecule has 2 heterocycles. The number of phenols is 2. The first kappa shape index (κ1) is 15.0. The zero-order valence-corrected chi connectivity index (χ0v) is 13.5. The summed E-state index contributed by atoms with van der Waals surface area (Å²) in [5, 5.41) is 20.6. The van der Waals surface area contributed by atoms with E-state index in [-0.39, 0.29) is 11.5 Å². The lowest BCUT2D eigenvalue weighted by Crippen LogP contribution is -1.81. The summed E-state index contributed by atoms with van der Waals surface area (Å²) in [5.74, 6) is -1.08. The van der Waals surface area contributed by atoms with E-state index in [0.717, 1.165) is 12.1 Å². The van der Waals surface area contributed by atoms with Crippen LogP contribution in [0, 0.1) is 11.6 Å². The van der Waals surface area contributed by atoms with Gasteiger partial charge in [0, 0.05) is 0 Å². The number of benzene rings is 2. The molecule has 4 aromatic rings. The summed E-state index contributed by atoms with van der Waals surface area (Å²) in [4.78, 5) is 9.85. The highest BCUT2D eigenvalue weighted by Gasteiger charge is 2.17. The summed E-state index contributed by atoms with van der Waals surface area (Å²) in [6, 6.07) is 7.28. The van der Waals surface area contributed by atoms with Gasteiger partial charge >= 0.3 is 0 Å². The van der Waals surface area contributed by atoms with Crippen LogP contribution in [0.25, 0.3) is 30.8 Å². The van der Waals surface area contributed by atoms with Gasteiger partial charge in [0.15, 0.2) is 9.66 Å². The van der Waals surface area contributed by atoms with Gasteiger partial charge in [-0.25, -0.2) is 18.7 Å². The lowest BCUT2D eigenvalue weighted by Gasteiger charge is -2.01. The molecule has 0 radical (unpaired) electrons. The number of phenolic OH excluding ortho intramolecular Hbond substituents is 2. The van der Waals surface area contributed by atoms with Gasteiger partial charge in [-0.15, -0.1) is 0 Å². The second-order valence-electron chi connectivity index (χ2n) is 4.97. The second-order valence-corrected chi connectivity index (χ2v) is 6.93. The molecule has 8 heteroatoms. The fraction of sp³-hybridized carbons (Fsp3) is 0. The van der Waals surface area contributed by atoms with Crippen molar-refractivity contribution in [3.8, 4) is 32.6 Å². The number of hydrogen-bond donors (Lipinski definition) is 2. The van der Waals surface area contributed by atoms with Crippen molar-refractivity contribution < 1.29 is 19.0 Å². The molecule has 0 unspecified atom stereocenters. The molecule has 2 aromatic carbocycles. The molecule has 2 aromatic heterocycles. The number of thiazole rings is 2. The number of aromatic hydroxyl groups is 2. The molecule has 0 bridgehead atoms. The Kier molecular flexibility index (Phi) is 3.43. The molecule has 120 valence electrons. The Bertz CT molecular complexity index is 963. The standard InChI is InChI=1S/C16H8F2N2O2S2/c17-7-1-3-11(21)9(5-7)13-19-15-16(23-13)20-14(24-15)10-6-8(18)2-4-12(10)22/h1-6,21-22H. The average molecular weight is 362 g/mol. The Labute approximate surface area is 142 Å². The van der Waals surface area contributed by atoms with Crippen LogP contribution in [0.3, 0.4) is 0 Å². The minimum absolute atomic E-state index is 0.0687. The predicted octanol–water partition coefficient (Wildman–Crippen LogP) is 4.78. The van der Waals surface area contributed by atoms with Gasteiger partial charge in [-0.3, -0.25) is 0 Å². The van der Waals surface area contributed by atoms with Crippen molar-refractivity contribution in [3.05, 3.63) is 48.0 Å². The van der Waals surface area contributed by atoms with Crippen LogP contribution < -0.4 is 0 Å². The van der Waals surface area contributed by atoms with E-state index in [1.54, 1.807) is 0 Å². The Hall–Kier alpha value is -2.58. The lowest BCUT2D eigenvalue weighted by molar-refractivity contribution is 0.475. The first-order valence-corrected chi connectivity index (χ1v) is 8.40. The van der Waals surface area contributed by atoms with E-state index in [9.17, 15) is 19.0 Å². The molecule has 0 aliphatic rings. The van der Waals surface area contributed by atoms with Gasteiger partial charge in [0.05, 0.1) is 11.1 Å². The van der Waals surface area contributed by atoms with Crippen LogP contribution in [0.4, 0.5) is 8.78 Å². The van der Waals surface area contributed by atoms with Crippen molar-refractivity contribution in [1.29, 1.82) is 0 Å². The van der Waals surface area contributed by atoms with Gasteiger partial charge in [-0.2, -0.15) is 0 Å². The van der Waals surface area contributed by atoms with Crippen LogP contribution in [0.15, 0.2) is 36.4 Å². The molecular formula is C16H8F2N2O2S2. The van der Waals surface area contributed by atoms with Crippen LogP contribution in [-0.4, -0.2) is 20.2 Å². The van der Waals surface area contributed by atoms with E-state index in [1.807, 2.05) is 0 Å². The van der Waals surface area contributed by atoms with Crippen molar-refractivity contribution in [2.24, 2.45) is 0 Å². The number of nitrogens with zero attached hydrogens (tertiary/aromatic N) is 2. The summed E-state index contributed by atoms with van der Waals surface area (Å²) < 4.78 is 26.7. The van der Waals surface area contributed by atoms with Crippen molar-refractivity contribution in [2.45, 2.75) is 0 Å². The third-order valence-corrected chi connectivity index (χ3v) is 5.45. The van der Waals surface area contributed by atoms with E-state index in [2.05, 4.69) is 9.97 Å². The lowest BCUT2D eigenvalue weighted by atomic mass is 10.2. The minimum Gasteiger partial charge on any atom is -0.507 e. The first-order valence-electron chi connectivity index (χ1n) is 6.76. The van der Waals surface area contributed by atoms with E-state index >= 15 is 0 Å². The summed E-state index contributed by atoms with van der Waals surface area (Å²) in [6.45, 7) is 0. The topological polar surface area (TPSA) is 66.2 Å². The van der Waals surface area contributed by atoms with Gasteiger partial charge in [0.2, 0.25) is 0 Å². The Morgan fingerprint density at radius 1 is 0.708 bits per heavy atom. The molecule has 0 atom stereocenters. The number of rotatable bonds is 2. The van der Waals surface area contributed by atoms with Crippen molar-refractivity contribution in [1.82, 2.24) is 9.97 Å². The Morgan fingerprint density at radius 3 is 1.54 bits per heavy atom. The fourth-order valence-electron chi connectivity index (χ4n) is 2.23. The van der Waals surface area contributed by atoms with Crippen molar-refractivity contribution >= 4 is 32.3 Å². The largest absolute Gasteiger partial charge is 0.507 e. The number of halogens is 2. The Morgan fingerprint density at radius 2 is 1.12 bits per heavy atom. The van der Waals surface area contributed by atoms with E-state index < -0.39 is 11.6 Å². The first-order chi connectivity index (χ1) is 11.5. The highest BCUT2D eigenvalue weighted by molar-refractivity contribution is 7.29. The summed E-state index contributed by atoms with van der Waals surface area (Å²) in [6.07, 6.45) is 0. The van der Waals surface area contributed by atoms with E-state index in [0.29, 0.717) is 30.8 Å². The summed E-state index contributed by atoms with van der Waals surface area (Å²) in [7, 11) is 0. The number of fused-ring (bicyclic) bond motifs is 1. The average Bonchev–Trinajstić information content (AvgIpc) is 3.10. The molecule has 0 aliphatic carbocycles. The van der Waals surface area contributed by atoms with Crippen LogP contribution in [0.2, 0.25) is 0 Å². The molecule has 4 rings (SSSR count). The zero-order valence-electron chi connectivity index (χ0n) is 11.8. The normalized spacial score (nSPS) is 11.2. The SMILES string of the molecule is Oc1ccc(F)cc1-c1nc2sc(-c3cc(F)ccc3O)nc2s1. The third kappa shape index (κ3) is 2.49. The molecule has 0 spiro atoms. The molecule has 2 N–H and O–H groups in total. The molecule has 0 aliphatic heterocycles. The molecule has 4 nitrogen and oxygen atoms in total. The van der Waals surface area contributed by atoms with Crippen molar-refractivity contribution in [2.75, 3.05) is 0 Å². The monoisotopic (exact) mass is 362 g/mol. The zero-order chi connectivity index (χ0) is 16.8. The van der Waals surface area contributed by atoms with E-state index in [1.165, 1.54) is 46.9 Å². The molecule has 0 saturated carbocycles. The highest BCUT2D eigenvalue weighted by Crippen LogP contribution is 2.41. The quantitative estimate of drug-likeness (QED) is 0.539. The fourth-order valence-corrected chi connectivity index (χ4v) is 4.32. The van der Waals surface area contributed by atoms with Crippen LogP contribution in [-0.2, 0) is 0 Å². The van der Waals surface area contributed by atoms with E-state index in [4.69, 9.17) is 0 Å². The summed E-state index contributed by atoms with van der Waals surface area (Å²) >= 11 is 2.37. The number of aromatic nitrogens is 2. The van der Waals surface area contributed by atoms with Gasteiger partial charge in [-0.1, -0.05) is 22.7 Å². The Balaban J connectivity index is 1.81.